The summed E-state index contributed by atoms with van der Waals surface area (Å²) in [6, 6.07) is 14.0. The number of halogens is 3. The number of rotatable bonds is 6. The van der Waals surface area contributed by atoms with Gasteiger partial charge in [0.25, 0.3) is 5.91 Å². The SMILES string of the molecule is CC(NC(=O)OCC1c2ccccc2-c2ccccc21)(C(=O)NC1CCCC1C(=O)O)C(F)(F)F. The van der Waals surface area contributed by atoms with Crippen molar-refractivity contribution in [2.75, 3.05) is 6.61 Å². The lowest BCUT2D eigenvalue weighted by Crippen LogP contribution is -2.66. The lowest BCUT2D eigenvalue weighted by atomic mass is 9.97. The molecule has 2 aromatic rings. The van der Waals surface area contributed by atoms with Crippen LogP contribution in [-0.4, -0.2) is 47.4 Å². The van der Waals surface area contributed by atoms with Gasteiger partial charge in [0, 0.05) is 12.0 Å². The Morgan fingerprint density at radius 1 is 1.00 bits per heavy atom. The number of benzene rings is 2. The van der Waals surface area contributed by atoms with Crippen LogP contribution in [0.25, 0.3) is 11.1 Å². The van der Waals surface area contributed by atoms with Crippen LogP contribution in [0.4, 0.5) is 18.0 Å². The Kier molecular flexibility index (Phi) is 6.48. The van der Waals surface area contributed by atoms with Gasteiger partial charge in [-0.05, 0) is 42.0 Å². The molecule has 3 N–H and O–H groups in total. The highest BCUT2D eigenvalue weighted by atomic mass is 19.4. The van der Waals surface area contributed by atoms with Crippen LogP contribution in [0.15, 0.2) is 48.5 Å². The quantitative estimate of drug-likeness (QED) is 0.563. The third-order valence-corrected chi connectivity index (χ3v) is 6.87. The molecule has 10 heteroatoms. The molecule has 4 rings (SSSR count). The molecule has 2 aliphatic rings. The van der Waals surface area contributed by atoms with E-state index in [1.807, 2.05) is 48.5 Å². The van der Waals surface area contributed by atoms with Crippen LogP contribution in [0.2, 0.25) is 0 Å². The molecule has 1 fully saturated rings. The van der Waals surface area contributed by atoms with E-state index in [0.717, 1.165) is 22.3 Å². The minimum absolute atomic E-state index is 0.223. The first-order chi connectivity index (χ1) is 16.5. The summed E-state index contributed by atoms with van der Waals surface area (Å²) < 4.78 is 47.0. The van der Waals surface area contributed by atoms with Crippen LogP contribution in [0, 0.1) is 5.92 Å². The number of nitrogens with one attached hydrogen (secondary N) is 2. The largest absolute Gasteiger partial charge is 0.481 e. The van der Waals surface area contributed by atoms with Crippen molar-refractivity contribution in [2.45, 2.75) is 49.9 Å². The molecule has 0 saturated heterocycles. The molecule has 186 valence electrons. The number of fused-ring (bicyclic) bond motifs is 3. The summed E-state index contributed by atoms with van der Waals surface area (Å²) in [7, 11) is 0. The Morgan fingerprint density at radius 3 is 2.11 bits per heavy atom. The van der Waals surface area contributed by atoms with Crippen LogP contribution in [0.3, 0.4) is 0 Å². The molecule has 0 spiro atoms. The van der Waals surface area contributed by atoms with Gasteiger partial charge in [0.05, 0.1) is 5.92 Å². The maximum Gasteiger partial charge on any atom is 0.420 e. The fourth-order valence-electron chi connectivity index (χ4n) is 4.84. The zero-order chi connectivity index (χ0) is 25.4. The van der Waals surface area contributed by atoms with Crippen molar-refractivity contribution < 1.29 is 37.4 Å². The van der Waals surface area contributed by atoms with Crippen LogP contribution < -0.4 is 10.6 Å². The molecule has 2 aliphatic carbocycles. The number of carbonyl (C=O) groups is 3. The van der Waals surface area contributed by atoms with Crippen molar-refractivity contribution in [3.05, 3.63) is 59.7 Å². The predicted molar refractivity (Wildman–Crippen MR) is 120 cm³/mol. The first-order valence-electron chi connectivity index (χ1n) is 11.3. The highest BCUT2D eigenvalue weighted by Gasteiger charge is 2.59. The van der Waals surface area contributed by atoms with Crippen molar-refractivity contribution in [3.63, 3.8) is 0 Å². The Bertz CT molecular complexity index is 1110. The first kappa shape index (κ1) is 24.6. The molecular formula is C25H25F3N2O5. The van der Waals surface area contributed by atoms with E-state index in [1.165, 1.54) is 0 Å². The first-order valence-corrected chi connectivity index (χ1v) is 11.3. The minimum atomic E-state index is -5.15. The predicted octanol–water partition coefficient (Wildman–Crippen LogP) is 4.22. The van der Waals surface area contributed by atoms with Gasteiger partial charge in [-0.1, -0.05) is 55.0 Å². The maximum atomic E-state index is 13.9. The summed E-state index contributed by atoms with van der Waals surface area (Å²) in [6.45, 7) is 0.313. The topological polar surface area (TPSA) is 105 Å². The average molecular weight is 490 g/mol. The van der Waals surface area contributed by atoms with E-state index < -0.39 is 41.6 Å². The number of aliphatic carboxylic acids is 1. The second-order valence-electron chi connectivity index (χ2n) is 9.03. The van der Waals surface area contributed by atoms with Gasteiger partial charge in [-0.2, -0.15) is 13.2 Å². The monoisotopic (exact) mass is 490 g/mol. The number of carbonyl (C=O) groups excluding carboxylic acids is 2. The molecule has 7 nitrogen and oxygen atoms in total. The standard InChI is InChI=1S/C25H25F3N2O5/c1-24(25(26,27)28,22(33)29-20-12-6-11-18(20)21(31)32)30-23(34)35-13-19-16-9-4-2-7-14(16)15-8-3-5-10-17(15)19/h2-5,7-10,18-20H,6,11-13H2,1H3,(H,29,33)(H,30,34)(H,31,32). The van der Waals surface area contributed by atoms with Crippen molar-refractivity contribution in [1.29, 1.82) is 0 Å². The summed E-state index contributed by atoms with van der Waals surface area (Å²) >= 11 is 0. The normalized spacial score (nSPS) is 20.9. The summed E-state index contributed by atoms with van der Waals surface area (Å²) in [5.41, 5.74) is 0.390. The van der Waals surface area contributed by atoms with Crippen LogP contribution in [0.1, 0.15) is 43.2 Å². The van der Waals surface area contributed by atoms with E-state index in [9.17, 15) is 32.7 Å². The number of alkyl carbamates (subject to hydrolysis) is 1. The van der Waals surface area contributed by atoms with Crippen molar-refractivity contribution in [3.8, 4) is 11.1 Å². The molecule has 0 heterocycles. The van der Waals surface area contributed by atoms with Gasteiger partial charge in [0.15, 0.2) is 0 Å². The number of alkyl halides is 3. The lowest BCUT2D eigenvalue weighted by molar-refractivity contribution is -0.194. The summed E-state index contributed by atoms with van der Waals surface area (Å²) in [4.78, 5) is 36.5. The van der Waals surface area contributed by atoms with E-state index in [0.29, 0.717) is 13.3 Å². The van der Waals surface area contributed by atoms with E-state index in [-0.39, 0.29) is 25.4 Å². The number of hydrogen-bond donors (Lipinski definition) is 3. The smallest absolute Gasteiger partial charge is 0.420 e. The van der Waals surface area contributed by atoms with E-state index in [4.69, 9.17) is 4.74 Å². The molecule has 35 heavy (non-hydrogen) atoms. The molecule has 0 bridgehead atoms. The van der Waals surface area contributed by atoms with E-state index in [1.54, 1.807) is 5.32 Å². The van der Waals surface area contributed by atoms with Gasteiger partial charge < -0.3 is 15.2 Å². The number of carboxylic acid groups (broad SMARTS) is 1. The maximum absolute atomic E-state index is 13.9. The summed E-state index contributed by atoms with van der Waals surface area (Å²) in [5, 5.41) is 13.1. The lowest BCUT2D eigenvalue weighted by Gasteiger charge is -2.33. The Balaban J connectivity index is 1.47. The number of hydrogen-bond acceptors (Lipinski definition) is 4. The Morgan fingerprint density at radius 2 is 1.57 bits per heavy atom. The molecule has 3 atom stereocenters. The number of carboxylic acids is 1. The van der Waals surface area contributed by atoms with E-state index >= 15 is 0 Å². The molecule has 1 saturated carbocycles. The van der Waals surface area contributed by atoms with Gasteiger partial charge in [-0.15, -0.1) is 0 Å². The molecule has 0 radical (unpaired) electrons. The average Bonchev–Trinajstić information content (AvgIpc) is 3.39. The molecule has 0 aromatic heterocycles. The Labute approximate surface area is 199 Å². The third-order valence-electron chi connectivity index (χ3n) is 6.87. The zero-order valence-corrected chi connectivity index (χ0v) is 18.9. The third kappa shape index (κ3) is 4.56. The van der Waals surface area contributed by atoms with Crippen molar-refractivity contribution >= 4 is 18.0 Å². The van der Waals surface area contributed by atoms with Gasteiger partial charge >= 0.3 is 18.2 Å². The van der Waals surface area contributed by atoms with E-state index in [2.05, 4.69) is 5.32 Å². The second-order valence-corrected chi connectivity index (χ2v) is 9.03. The molecule has 0 aliphatic heterocycles. The van der Waals surface area contributed by atoms with Gasteiger partial charge in [-0.25, -0.2) is 4.79 Å². The van der Waals surface area contributed by atoms with Gasteiger partial charge in [0.1, 0.15) is 6.61 Å². The van der Waals surface area contributed by atoms with Crippen molar-refractivity contribution in [1.82, 2.24) is 10.6 Å². The van der Waals surface area contributed by atoms with Crippen LogP contribution in [0.5, 0.6) is 0 Å². The number of ether oxygens (including phenoxy) is 1. The molecule has 2 amide bonds. The second kappa shape index (κ2) is 9.24. The highest BCUT2D eigenvalue weighted by Crippen LogP contribution is 2.44. The fourth-order valence-corrected chi connectivity index (χ4v) is 4.84. The fraction of sp³-hybridized carbons (Fsp3) is 0.400. The van der Waals surface area contributed by atoms with Crippen LogP contribution >= 0.6 is 0 Å². The zero-order valence-electron chi connectivity index (χ0n) is 18.9. The summed E-state index contributed by atoms with van der Waals surface area (Å²) in [6.07, 6.45) is -5.60. The summed E-state index contributed by atoms with van der Waals surface area (Å²) in [5.74, 6) is -4.07. The molecule has 2 aromatic carbocycles. The molecule has 3 unspecified atom stereocenters. The van der Waals surface area contributed by atoms with Crippen LogP contribution in [-0.2, 0) is 14.3 Å². The van der Waals surface area contributed by atoms with Crippen molar-refractivity contribution in [2.24, 2.45) is 5.92 Å². The van der Waals surface area contributed by atoms with Gasteiger partial charge in [-0.3, -0.25) is 14.9 Å². The minimum Gasteiger partial charge on any atom is -0.481 e. The molecular weight excluding hydrogens is 465 g/mol. The van der Waals surface area contributed by atoms with Gasteiger partial charge in [0.2, 0.25) is 5.54 Å². The Hall–Kier alpha value is -3.56. The number of amides is 2. The highest BCUT2D eigenvalue weighted by molar-refractivity contribution is 5.91.